The maximum Gasteiger partial charge on any atom is 0.233 e. The fourth-order valence-corrected chi connectivity index (χ4v) is 3.20. The standard InChI is InChI=1S/C15H25N3O/c1-11-7-13(9-15(2,3)8-11)19-14-6-5-12(10-16-4)17-18-14/h5-6,11,13,16H,7-10H2,1-4H3. The smallest absolute Gasteiger partial charge is 0.233 e. The number of nitrogens with zero attached hydrogens (tertiary/aromatic N) is 2. The monoisotopic (exact) mass is 263 g/mol. The first-order valence-corrected chi connectivity index (χ1v) is 7.12. The molecule has 2 rings (SSSR count). The van der Waals surface area contributed by atoms with Crippen molar-refractivity contribution < 1.29 is 4.74 Å². The first kappa shape index (κ1) is 14.3. The number of ether oxygens (including phenoxy) is 1. The molecule has 0 aromatic carbocycles. The van der Waals surface area contributed by atoms with E-state index < -0.39 is 0 Å². The number of hydrogen-bond donors (Lipinski definition) is 1. The van der Waals surface area contributed by atoms with E-state index in [1.165, 1.54) is 6.42 Å². The minimum absolute atomic E-state index is 0.267. The molecule has 19 heavy (non-hydrogen) atoms. The molecule has 0 amide bonds. The summed E-state index contributed by atoms with van der Waals surface area (Å²) in [7, 11) is 1.90. The number of hydrogen-bond acceptors (Lipinski definition) is 4. The van der Waals surface area contributed by atoms with E-state index in [4.69, 9.17) is 4.74 Å². The van der Waals surface area contributed by atoms with E-state index in [1.54, 1.807) is 0 Å². The molecule has 2 atom stereocenters. The summed E-state index contributed by atoms with van der Waals surface area (Å²) in [5.41, 5.74) is 1.30. The first-order chi connectivity index (χ1) is 8.98. The fourth-order valence-electron chi connectivity index (χ4n) is 3.20. The molecule has 2 unspecified atom stereocenters. The lowest BCUT2D eigenvalue weighted by atomic mass is 9.71. The fraction of sp³-hybridized carbons (Fsp3) is 0.733. The van der Waals surface area contributed by atoms with Crippen LogP contribution < -0.4 is 10.1 Å². The molecular weight excluding hydrogens is 238 g/mol. The Balaban J connectivity index is 1.96. The van der Waals surface area contributed by atoms with Crippen LogP contribution >= 0.6 is 0 Å². The molecule has 1 saturated carbocycles. The van der Waals surface area contributed by atoms with Crippen molar-refractivity contribution in [1.29, 1.82) is 0 Å². The van der Waals surface area contributed by atoms with Crippen LogP contribution in [0, 0.1) is 11.3 Å². The third kappa shape index (κ3) is 4.16. The third-order valence-corrected chi connectivity index (χ3v) is 3.69. The molecule has 4 nitrogen and oxygen atoms in total. The maximum absolute atomic E-state index is 6.00. The van der Waals surface area contributed by atoms with Crippen molar-refractivity contribution in [2.24, 2.45) is 11.3 Å². The summed E-state index contributed by atoms with van der Waals surface area (Å²) in [6.07, 6.45) is 3.75. The highest BCUT2D eigenvalue weighted by Crippen LogP contribution is 2.39. The summed E-state index contributed by atoms with van der Waals surface area (Å²) in [6, 6.07) is 3.89. The average Bonchev–Trinajstić information content (AvgIpc) is 2.29. The molecule has 1 aliphatic rings. The zero-order chi connectivity index (χ0) is 13.9. The van der Waals surface area contributed by atoms with Crippen molar-refractivity contribution in [3.8, 4) is 5.88 Å². The van der Waals surface area contributed by atoms with Crippen molar-refractivity contribution in [1.82, 2.24) is 15.5 Å². The Morgan fingerprint density at radius 1 is 1.32 bits per heavy atom. The highest BCUT2D eigenvalue weighted by Gasteiger charge is 2.33. The molecule has 0 radical (unpaired) electrons. The van der Waals surface area contributed by atoms with Gasteiger partial charge in [-0.05, 0) is 43.7 Å². The van der Waals surface area contributed by atoms with E-state index in [1.807, 2.05) is 19.2 Å². The summed E-state index contributed by atoms with van der Waals surface area (Å²) in [5.74, 6) is 1.36. The van der Waals surface area contributed by atoms with Crippen molar-refractivity contribution in [2.75, 3.05) is 7.05 Å². The highest BCUT2D eigenvalue weighted by atomic mass is 16.5. The van der Waals surface area contributed by atoms with Gasteiger partial charge in [0.1, 0.15) is 6.10 Å². The third-order valence-electron chi connectivity index (χ3n) is 3.69. The van der Waals surface area contributed by atoms with Crippen molar-refractivity contribution in [3.63, 3.8) is 0 Å². The summed E-state index contributed by atoms with van der Waals surface area (Å²) >= 11 is 0. The van der Waals surface area contributed by atoms with Crippen molar-refractivity contribution in [3.05, 3.63) is 17.8 Å². The summed E-state index contributed by atoms with van der Waals surface area (Å²) in [6.45, 7) is 7.68. The van der Waals surface area contributed by atoms with Gasteiger partial charge in [-0.25, -0.2) is 0 Å². The van der Waals surface area contributed by atoms with Gasteiger partial charge >= 0.3 is 0 Å². The lowest BCUT2D eigenvalue weighted by Gasteiger charge is -2.38. The van der Waals surface area contributed by atoms with E-state index in [-0.39, 0.29) is 6.10 Å². The molecule has 0 bridgehead atoms. The first-order valence-electron chi connectivity index (χ1n) is 7.12. The van der Waals surface area contributed by atoms with Crippen LogP contribution in [0.4, 0.5) is 0 Å². The van der Waals surface area contributed by atoms with Crippen LogP contribution in [0.2, 0.25) is 0 Å². The lowest BCUT2D eigenvalue weighted by Crippen LogP contribution is -2.34. The Hall–Kier alpha value is -1.16. The van der Waals surface area contributed by atoms with Gasteiger partial charge in [-0.15, -0.1) is 5.10 Å². The Morgan fingerprint density at radius 3 is 2.68 bits per heavy atom. The predicted octanol–water partition coefficient (Wildman–Crippen LogP) is 2.79. The van der Waals surface area contributed by atoms with E-state index in [0.29, 0.717) is 17.2 Å². The second kappa shape index (κ2) is 5.87. The molecule has 0 saturated heterocycles. The Kier molecular flexibility index (Phi) is 4.40. The average molecular weight is 263 g/mol. The number of rotatable bonds is 4. The molecule has 1 aromatic rings. The topological polar surface area (TPSA) is 47.0 Å². The Bertz CT molecular complexity index is 402. The molecule has 1 heterocycles. The minimum Gasteiger partial charge on any atom is -0.473 e. The van der Waals surface area contributed by atoms with Crippen LogP contribution in [0.3, 0.4) is 0 Å². The van der Waals surface area contributed by atoms with Crippen molar-refractivity contribution >= 4 is 0 Å². The molecule has 1 fully saturated rings. The second-order valence-corrected chi connectivity index (χ2v) is 6.55. The number of aromatic nitrogens is 2. The van der Waals surface area contributed by atoms with Crippen molar-refractivity contribution in [2.45, 2.75) is 52.7 Å². The Labute approximate surface area is 116 Å². The van der Waals surface area contributed by atoms with Gasteiger partial charge in [0.25, 0.3) is 0 Å². The number of nitrogens with one attached hydrogen (secondary N) is 1. The Morgan fingerprint density at radius 2 is 2.11 bits per heavy atom. The minimum atomic E-state index is 0.267. The van der Waals surface area contributed by atoms with E-state index in [9.17, 15) is 0 Å². The van der Waals surface area contributed by atoms with Gasteiger partial charge in [0, 0.05) is 12.6 Å². The summed E-state index contributed by atoms with van der Waals surface area (Å²) in [5, 5.41) is 11.4. The van der Waals surface area contributed by atoms with E-state index in [2.05, 4.69) is 36.3 Å². The summed E-state index contributed by atoms with van der Waals surface area (Å²) in [4.78, 5) is 0. The highest BCUT2D eigenvalue weighted by molar-refractivity contribution is 5.12. The van der Waals surface area contributed by atoms with E-state index >= 15 is 0 Å². The van der Waals surface area contributed by atoms with Gasteiger partial charge in [0.05, 0.1) is 5.69 Å². The molecule has 1 aromatic heterocycles. The molecule has 1 N–H and O–H groups in total. The van der Waals surface area contributed by atoms with Gasteiger partial charge < -0.3 is 10.1 Å². The SMILES string of the molecule is CNCc1ccc(OC2CC(C)CC(C)(C)C2)nn1. The maximum atomic E-state index is 6.00. The normalized spacial score (nSPS) is 26.1. The van der Waals surface area contributed by atoms with Gasteiger partial charge in [-0.2, -0.15) is 5.10 Å². The van der Waals surface area contributed by atoms with Crippen LogP contribution in [-0.4, -0.2) is 23.3 Å². The molecule has 106 valence electrons. The van der Waals surface area contributed by atoms with Crippen LogP contribution in [0.5, 0.6) is 5.88 Å². The summed E-state index contributed by atoms with van der Waals surface area (Å²) < 4.78 is 6.00. The zero-order valence-electron chi connectivity index (χ0n) is 12.4. The van der Waals surface area contributed by atoms with Gasteiger partial charge in [0.15, 0.2) is 0 Å². The predicted molar refractivity (Wildman–Crippen MR) is 76.0 cm³/mol. The van der Waals surface area contributed by atoms with Gasteiger partial charge in [-0.1, -0.05) is 20.8 Å². The van der Waals surface area contributed by atoms with E-state index in [0.717, 1.165) is 25.1 Å². The lowest BCUT2D eigenvalue weighted by molar-refractivity contribution is 0.0525. The molecule has 0 spiro atoms. The van der Waals surface area contributed by atoms with Crippen LogP contribution in [-0.2, 0) is 6.54 Å². The van der Waals surface area contributed by atoms with Crippen LogP contribution in [0.25, 0.3) is 0 Å². The quantitative estimate of drug-likeness (QED) is 0.907. The zero-order valence-corrected chi connectivity index (χ0v) is 12.4. The molecule has 1 aliphatic carbocycles. The molecular formula is C15H25N3O. The van der Waals surface area contributed by atoms with Gasteiger partial charge in [-0.3, -0.25) is 0 Å². The molecule has 4 heteroatoms. The van der Waals surface area contributed by atoms with Crippen LogP contribution in [0.1, 0.15) is 45.7 Å². The molecule has 0 aliphatic heterocycles. The largest absolute Gasteiger partial charge is 0.473 e. The van der Waals surface area contributed by atoms with Crippen LogP contribution in [0.15, 0.2) is 12.1 Å². The van der Waals surface area contributed by atoms with Gasteiger partial charge in [0.2, 0.25) is 5.88 Å². The second-order valence-electron chi connectivity index (χ2n) is 6.55.